The Balaban J connectivity index is 1.43. The Morgan fingerprint density at radius 1 is 1.10 bits per heavy atom. The summed E-state index contributed by atoms with van der Waals surface area (Å²) in [4.78, 5) is 21.4. The van der Waals surface area contributed by atoms with Gasteiger partial charge in [0.25, 0.3) is 11.8 Å². The van der Waals surface area contributed by atoms with Crippen LogP contribution >= 0.6 is 0 Å². The van der Waals surface area contributed by atoms with E-state index in [1.165, 1.54) is 5.56 Å². The lowest BCUT2D eigenvalue weighted by atomic mass is 9.87. The van der Waals surface area contributed by atoms with E-state index in [-0.39, 0.29) is 17.9 Å². The molecule has 0 bridgehead atoms. The van der Waals surface area contributed by atoms with Gasteiger partial charge in [0.1, 0.15) is 5.82 Å². The van der Waals surface area contributed by atoms with Crippen LogP contribution < -0.4 is 5.32 Å². The minimum atomic E-state index is -0.207. The van der Waals surface area contributed by atoms with Crippen molar-refractivity contribution in [3.63, 3.8) is 0 Å². The number of rotatable bonds is 4. The SMILES string of the molecule is Cc1nc2cc(C(=O)NCc3noc(-c4ccc(C(C)(C)C)cc4)n3)ccc2n1C. The number of hydrogen-bond donors (Lipinski definition) is 1. The summed E-state index contributed by atoms with van der Waals surface area (Å²) in [6.07, 6.45) is 0. The van der Waals surface area contributed by atoms with E-state index in [0.29, 0.717) is 17.3 Å². The minimum Gasteiger partial charge on any atom is -0.345 e. The van der Waals surface area contributed by atoms with E-state index in [9.17, 15) is 4.79 Å². The number of imidazole rings is 1. The zero-order valence-corrected chi connectivity index (χ0v) is 17.9. The van der Waals surface area contributed by atoms with Crippen LogP contribution in [-0.2, 0) is 19.0 Å². The number of amides is 1. The van der Waals surface area contributed by atoms with Crippen LogP contribution in [0.1, 0.15) is 48.3 Å². The van der Waals surface area contributed by atoms with Gasteiger partial charge in [-0.1, -0.05) is 38.1 Å². The maximum Gasteiger partial charge on any atom is 0.257 e. The number of carbonyl (C=O) groups is 1. The predicted octanol–water partition coefficient (Wildman–Crippen LogP) is 4.16. The highest BCUT2D eigenvalue weighted by Crippen LogP contribution is 2.25. The normalized spacial score (nSPS) is 11.8. The van der Waals surface area contributed by atoms with E-state index in [1.807, 2.05) is 36.7 Å². The summed E-state index contributed by atoms with van der Waals surface area (Å²) in [5.41, 5.74) is 4.50. The van der Waals surface area contributed by atoms with Gasteiger partial charge in [-0.25, -0.2) is 4.98 Å². The zero-order chi connectivity index (χ0) is 21.5. The van der Waals surface area contributed by atoms with Crippen molar-refractivity contribution in [3.05, 3.63) is 65.2 Å². The number of fused-ring (bicyclic) bond motifs is 1. The van der Waals surface area contributed by atoms with Gasteiger partial charge in [-0.3, -0.25) is 4.79 Å². The number of aryl methyl sites for hydroxylation is 2. The van der Waals surface area contributed by atoms with Crippen molar-refractivity contribution in [2.75, 3.05) is 0 Å². The number of hydrogen-bond acceptors (Lipinski definition) is 5. The first-order valence-corrected chi connectivity index (χ1v) is 9.87. The number of aromatic nitrogens is 4. The van der Waals surface area contributed by atoms with Crippen LogP contribution in [-0.4, -0.2) is 25.6 Å². The van der Waals surface area contributed by atoms with Gasteiger partial charge in [0, 0.05) is 18.2 Å². The average molecular weight is 403 g/mol. The molecule has 0 atom stereocenters. The van der Waals surface area contributed by atoms with Crippen LogP contribution in [0, 0.1) is 6.92 Å². The monoisotopic (exact) mass is 403 g/mol. The lowest BCUT2D eigenvalue weighted by Crippen LogP contribution is -2.23. The lowest BCUT2D eigenvalue weighted by molar-refractivity contribution is 0.0949. The molecule has 1 N–H and O–H groups in total. The summed E-state index contributed by atoms with van der Waals surface area (Å²) < 4.78 is 7.35. The third-order valence-electron chi connectivity index (χ3n) is 5.24. The molecule has 0 saturated carbocycles. The maximum atomic E-state index is 12.5. The molecule has 7 heteroatoms. The van der Waals surface area contributed by atoms with Gasteiger partial charge in [0.05, 0.1) is 17.6 Å². The smallest absolute Gasteiger partial charge is 0.257 e. The molecule has 2 heterocycles. The molecule has 0 aliphatic heterocycles. The number of nitrogens with zero attached hydrogens (tertiary/aromatic N) is 4. The number of nitrogens with one attached hydrogen (secondary N) is 1. The van der Waals surface area contributed by atoms with Gasteiger partial charge in [-0.15, -0.1) is 0 Å². The second-order valence-electron chi connectivity index (χ2n) is 8.45. The maximum absolute atomic E-state index is 12.5. The summed E-state index contributed by atoms with van der Waals surface area (Å²) in [7, 11) is 1.95. The second-order valence-corrected chi connectivity index (χ2v) is 8.45. The van der Waals surface area contributed by atoms with Crippen LogP contribution in [0.4, 0.5) is 0 Å². The van der Waals surface area contributed by atoms with E-state index in [1.54, 1.807) is 12.1 Å². The summed E-state index contributed by atoms with van der Waals surface area (Å²) >= 11 is 0. The van der Waals surface area contributed by atoms with Crippen molar-refractivity contribution >= 4 is 16.9 Å². The molecular formula is C23H25N5O2. The lowest BCUT2D eigenvalue weighted by Gasteiger charge is -2.18. The summed E-state index contributed by atoms with van der Waals surface area (Å²) in [5.74, 6) is 1.55. The van der Waals surface area contributed by atoms with Crippen molar-refractivity contribution in [1.82, 2.24) is 25.0 Å². The fourth-order valence-electron chi connectivity index (χ4n) is 3.28. The summed E-state index contributed by atoms with van der Waals surface area (Å²) in [6, 6.07) is 13.6. The largest absolute Gasteiger partial charge is 0.345 e. The fraction of sp³-hybridized carbons (Fsp3) is 0.304. The first kappa shape index (κ1) is 19.8. The van der Waals surface area contributed by atoms with Gasteiger partial charge in [0.15, 0.2) is 5.82 Å². The Morgan fingerprint density at radius 2 is 1.83 bits per heavy atom. The van der Waals surface area contributed by atoms with Gasteiger partial charge in [-0.05, 0) is 48.2 Å². The molecule has 1 amide bonds. The third-order valence-corrected chi connectivity index (χ3v) is 5.24. The van der Waals surface area contributed by atoms with Crippen molar-refractivity contribution < 1.29 is 9.32 Å². The van der Waals surface area contributed by atoms with E-state index >= 15 is 0 Å². The molecule has 2 aromatic carbocycles. The van der Waals surface area contributed by atoms with E-state index in [0.717, 1.165) is 22.4 Å². The van der Waals surface area contributed by atoms with Crippen LogP contribution in [0.3, 0.4) is 0 Å². The van der Waals surface area contributed by atoms with Crippen molar-refractivity contribution in [2.45, 2.75) is 39.7 Å². The molecule has 0 fully saturated rings. The standard InChI is InChI=1S/C23H25N5O2/c1-14-25-18-12-16(8-11-19(18)28(14)5)21(29)24-13-20-26-22(30-27-20)15-6-9-17(10-7-15)23(2,3)4/h6-12H,13H2,1-5H3,(H,24,29). The van der Waals surface area contributed by atoms with Crippen LogP contribution in [0.5, 0.6) is 0 Å². The van der Waals surface area contributed by atoms with E-state index in [2.05, 4.69) is 53.3 Å². The summed E-state index contributed by atoms with van der Waals surface area (Å²) in [5, 5.41) is 6.81. The molecular weight excluding hydrogens is 378 g/mol. The fourth-order valence-corrected chi connectivity index (χ4v) is 3.28. The quantitative estimate of drug-likeness (QED) is 0.553. The van der Waals surface area contributed by atoms with Crippen molar-refractivity contribution in [3.8, 4) is 11.5 Å². The molecule has 0 saturated heterocycles. The predicted molar refractivity (Wildman–Crippen MR) is 115 cm³/mol. The van der Waals surface area contributed by atoms with Crippen LogP contribution in [0.25, 0.3) is 22.5 Å². The van der Waals surface area contributed by atoms with Gasteiger partial charge in [0.2, 0.25) is 0 Å². The minimum absolute atomic E-state index is 0.0831. The first-order chi connectivity index (χ1) is 14.2. The Morgan fingerprint density at radius 3 is 2.53 bits per heavy atom. The van der Waals surface area contributed by atoms with E-state index in [4.69, 9.17) is 4.52 Å². The topological polar surface area (TPSA) is 85.8 Å². The molecule has 154 valence electrons. The molecule has 30 heavy (non-hydrogen) atoms. The highest BCUT2D eigenvalue weighted by Gasteiger charge is 2.16. The molecule has 4 aromatic rings. The van der Waals surface area contributed by atoms with Crippen LogP contribution in [0.2, 0.25) is 0 Å². The van der Waals surface area contributed by atoms with Gasteiger partial charge < -0.3 is 14.4 Å². The number of benzene rings is 2. The molecule has 2 aromatic heterocycles. The van der Waals surface area contributed by atoms with Crippen molar-refractivity contribution in [1.29, 1.82) is 0 Å². The molecule has 0 spiro atoms. The van der Waals surface area contributed by atoms with E-state index < -0.39 is 0 Å². The third kappa shape index (κ3) is 3.83. The Labute approximate surface area is 175 Å². The van der Waals surface area contributed by atoms with Crippen molar-refractivity contribution in [2.24, 2.45) is 7.05 Å². The van der Waals surface area contributed by atoms with Gasteiger partial charge in [-0.2, -0.15) is 4.98 Å². The van der Waals surface area contributed by atoms with Crippen LogP contribution in [0.15, 0.2) is 47.0 Å². The molecule has 0 radical (unpaired) electrons. The Kier molecular flexibility index (Phi) is 4.89. The Bertz CT molecular complexity index is 1210. The highest BCUT2D eigenvalue weighted by molar-refractivity contribution is 5.97. The summed E-state index contributed by atoms with van der Waals surface area (Å²) in [6.45, 7) is 8.62. The molecule has 4 rings (SSSR count). The molecule has 0 unspecified atom stereocenters. The average Bonchev–Trinajstić information content (AvgIpc) is 3.30. The molecule has 0 aliphatic rings. The Hall–Kier alpha value is -3.48. The number of carbonyl (C=O) groups excluding carboxylic acids is 1. The molecule has 7 nitrogen and oxygen atoms in total. The van der Waals surface area contributed by atoms with Gasteiger partial charge >= 0.3 is 0 Å². The first-order valence-electron chi connectivity index (χ1n) is 9.87. The highest BCUT2D eigenvalue weighted by atomic mass is 16.5. The second kappa shape index (κ2) is 7.40. The zero-order valence-electron chi connectivity index (χ0n) is 17.9. The molecule has 0 aliphatic carbocycles.